The van der Waals surface area contributed by atoms with Crippen LogP contribution in [-0.2, 0) is 9.84 Å². The molecule has 104 valence electrons. The van der Waals surface area contributed by atoms with Crippen molar-refractivity contribution in [2.24, 2.45) is 0 Å². The van der Waals surface area contributed by atoms with Crippen molar-refractivity contribution in [1.82, 2.24) is 10.2 Å². The van der Waals surface area contributed by atoms with Crippen LogP contribution in [-0.4, -0.2) is 49.9 Å². The van der Waals surface area contributed by atoms with Crippen LogP contribution in [0.1, 0.15) is 17.0 Å². The number of furan rings is 1. The van der Waals surface area contributed by atoms with Crippen molar-refractivity contribution in [3.8, 4) is 0 Å². The lowest BCUT2D eigenvalue weighted by atomic mass is 10.2. The van der Waals surface area contributed by atoms with E-state index < -0.39 is 27.8 Å². The molecule has 1 aromatic rings. The normalized spacial score (nSPS) is 21.0. The maximum atomic E-state index is 11.8. The molecule has 1 atom stereocenters. The number of carbonyl (C=O) groups excluding carboxylic acids is 2. The van der Waals surface area contributed by atoms with Crippen LogP contribution in [0.2, 0.25) is 0 Å². The Morgan fingerprint density at radius 2 is 2.21 bits per heavy atom. The number of sulfone groups is 1. The van der Waals surface area contributed by atoms with E-state index in [9.17, 15) is 18.0 Å². The van der Waals surface area contributed by atoms with Gasteiger partial charge in [0.2, 0.25) is 0 Å². The summed E-state index contributed by atoms with van der Waals surface area (Å²) >= 11 is 0. The summed E-state index contributed by atoms with van der Waals surface area (Å²) in [4.78, 5) is 24.6. The van der Waals surface area contributed by atoms with Gasteiger partial charge in [0.25, 0.3) is 5.91 Å². The number of rotatable bonds is 2. The largest absolute Gasteiger partial charge is 0.459 e. The van der Waals surface area contributed by atoms with Gasteiger partial charge in [0.15, 0.2) is 15.6 Å². The van der Waals surface area contributed by atoms with Crippen LogP contribution in [0.15, 0.2) is 22.8 Å². The van der Waals surface area contributed by atoms with E-state index in [4.69, 9.17) is 4.42 Å². The first-order chi connectivity index (χ1) is 8.89. The second-order valence-electron chi connectivity index (χ2n) is 4.40. The van der Waals surface area contributed by atoms with E-state index >= 15 is 0 Å². The number of hydrogen-bond donors (Lipinski definition) is 1. The Morgan fingerprint density at radius 1 is 1.47 bits per heavy atom. The van der Waals surface area contributed by atoms with Gasteiger partial charge < -0.3 is 9.32 Å². The quantitative estimate of drug-likeness (QED) is 0.840. The fourth-order valence-corrected chi connectivity index (χ4v) is 3.68. The smallest absolute Gasteiger partial charge is 0.324 e. The van der Waals surface area contributed by atoms with Crippen molar-refractivity contribution >= 4 is 21.8 Å². The van der Waals surface area contributed by atoms with E-state index in [1.54, 1.807) is 0 Å². The molecular formula is C11H14N2O5S. The molecule has 2 rings (SSSR count). The third-order valence-corrected chi connectivity index (χ3v) is 4.79. The fourth-order valence-electron chi connectivity index (χ4n) is 1.90. The second-order valence-corrected chi connectivity index (χ2v) is 6.63. The molecule has 1 N–H and O–H groups in total. The molecule has 1 aromatic heterocycles. The minimum Gasteiger partial charge on any atom is -0.459 e. The van der Waals surface area contributed by atoms with Crippen molar-refractivity contribution in [1.29, 1.82) is 0 Å². The fraction of sp³-hybridized carbons (Fsp3) is 0.455. The zero-order valence-corrected chi connectivity index (χ0v) is 11.1. The number of amides is 3. The summed E-state index contributed by atoms with van der Waals surface area (Å²) in [6.07, 6.45) is 1.72. The number of urea groups is 1. The predicted molar refractivity (Wildman–Crippen MR) is 66.4 cm³/mol. The molecule has 8 heteroatoms. The Hall–Kier alpha value is -1.83. The molecule has 0 radical (unpaired) electrons. The molecule has 1 unspecified atom stereocenters. The highest BCUT2D eigenvalue weighted by Crippen LogP contribution is 2.16. The maximum Gasteiger partial charge on any atom is 0.324 e. The van der Waals surface area contributed by atoms with Crippen molar-refractivity contribution in [2.75, 3.05) is 18.6 Å². The molecule has 19 heavy (non-hydrogen) atoms. The Morgan fingerprint density at radius 3 is 2.74 bits per heavy atom. The lowest BCUT2D eigenvalue weighted by Gasteiger charge is -2.22. The highest BCUT2D eigenvalue weighted by Gasteiger charge is 2.33. The lowest BCUT2D eigenvalue weighted by molar-refractivity contribution is 0.0924. The first-order valence-electron chi connectivity index (χ1n) is 5.71. The van der Waals surface area contributed by atoms with Gasteiger partial charge in [-0.1, -0.05) is 0 Å². The van der Waals surface area contributed by atoms with Gasteiger partial charge in [0.1, 0.15) is 0 Å². The average Bonchev–Trinajstić information content (AvgIpc) is 2.96. The van der Waals surface area contributed by atoms with Crippen LogP contribution in [0.5, 0.6) is 0 Å². The van der Waals surface area contributed by atoms with Gasteiger partial charge in [-0.25, -0.2) is 13.2 Å². The van der Waals surface area contributed by atoms with E-state index in [1.165, 1.54) is 30.3 Å². The first kappa shape index (κ1) is 13.6. The number of imide groups is 1. The first-order valence-corrected chi connectivity index (χ1v) is 7.53. The molecule has 7 nitrogen and oxygen atoms in total. The van der Waals surface area contributed by atoms with Crippen LogP contribution in [0.4, 0.5) is 4.79 Å². The standard InChI is InChI=1S/C11H14N2O5S/c1-13(8-4-6-19(16,17)7-8)11(15)12-10(14)9-3-2-5-18-9/h2-3,5,8H,4,6-7H2,1H3,(H,12,14,15). The summed E-state index contributed by atoms with van der Waals surface area (Å²) in [6.45, 7) is 0. The highest BCUT2D eigenvalue weighted by atomic mass is 32.2. The molecule has 0 aromatic carbocycles. The summed E-state index contributed by atoms with van der Waals surface area (Å²) in [5.74, 6) is -0.615. The van der Waals surface area contributed by atoms with Gasteiger partial charge in [-0.05, 0) is 18.6 Å². The SMILES string of the molecule is CN(C(=O)NC(=O)c1ccco1)C1CCS(=O)(=O)C1. The van der Waals surface area contributed by atoms with E-state index in [1.807, 2.05) is 0 Å². The summed E-state index contributed by atoms with van der Waals surface area (Å²) in [7, 11) is -1.60. The van der Waals surface area contributed by atoms with E-state index in [0.29, 0.717) is 6.42 Å². The molecule has 2 heterocycles. The summed E-state index contributed by atoms with van der Waals surface area (Å²) < 4.78 is 27.5. The molecule has 0 spiro atoms. The van der Waals surface area contributed by atoms with Crippen molar-refractivity contribution in [3.63, 3.8) is 0 Å². The van der Waals surface area contributed by atoms with Crippen molar-refractivity contribution in [2.45, 2.75) is 12.5 Å². The minimum atomic E-state index is -3.07. The zero-order valence-electron chi connectivity index (χ0n) is 10.3. The average molecular weight is 286 g/mol. The Balaban J connectivity index is 1.95. The van der Waals surface area contributed by atoms with Crippen LogP contribution in [0, 0.1) is 0 Å². The monoisotopic (exact) mass is 286 g/mol. The van der Waals surface area contributed by atoms with E-state index in [-0.39, 0.29) is 17.3 Å². The van der Waals surface area contributed by atoms with E-state index in [0.717, 1.165) is 0 Å². The van der Waals surface area contributed by atoms with E-state index in [2.05, 4.69) is 5.32 Å². The van der Waals surface area contributed by atoms with Gasteiger partial charge in [0, 0.05) is 13.1 Å². The second kappa shape index (κ2) is 5.04. The van der Waals surface area contributed by atoms with Gasteiger partial charge in [-0.3, -0.25) is 10.1 Å². The molecule has 0 bridgehead atoms. The molecule has 0 saturated carbocycles. The summed E-state index contributed by atoms with van der Waals surface area (Å²) in [6, 6.07) is 1.94. The Bertz CT molecular complexity index is 578. The van der Waals surface area contributed by atoms with Crippen LogP contribution < -0.4 is 5.32 Å². The molecule has 1 aliphatic heterocycles. The van der Waals surface area contributed by atoms with Gasteiger partial charge in [-0.2, -0.15) is 0 Å². The van der Waals surface area contributed by atoms with Crippen LogP contribution in [0.3, 0.4) is 0 Å². The predicted octanol–water partition coefficient (Wildman–Crippen LogP) is 0.248. The van der Waals surface area contributed by atoms with Gasteiger partial charge >= 0.3 is 6.03 Å². The molecule has 1 saturated heterocycles. The minimum absolute atomic E-state index is 0.0285. The lowest BCUT2D eigenvalue weighted by Crippen LogP contribution is -2.46. The van der Waals surface area contributed by atoms with Crippen molar-refractivity contribution in [3.05, 3.63) is 24.2 Å². The molecule has 1 fully saturated rings. The van der Waals surface area contributed by atoms with Gasteiger partial charge in [-0.15, -0.1) is 0 Å². The number of nitrogens with one attached hydrogen (secondary N) is 1. The van der Waals surface area contributed by atoms with Crippen molar-refractivity contribution < 1.29 is 22.4 Å². The number of carbonyl (C=O) groups is 2. The molecule has 3 amide bonds. The van der Waals surface area contributed by atoms with Crippen LogP contribution in [0.25, 0.3) is 0 Å². The molecule has 1 aliphatic rings. The van der Waals surface area contributed by atoms with Crippen LogP contribution >= 0.6 is 0 Å². The summed E-state index contributed by atoms with van der Waals surface area (Å²) in [5.41, 5.74) is 0. The number of hydrogen-bond acceptors (Lipinski definition) is 5. The molecule has 0 aliphatic carbocycles. The topological polar surface area (TPSA) is 96.7 Å². The Kier molecular flexibility index (Phi) is 3.61. The maximum absolute atomic E-state index is 11.8. The summed E-state index contributed by atoms with van der Waals surface area (Å²) in [5, 5.41) is 2.15. The highest BCUT2D eigenvalue weighted by molar-refractivity contribution is 7.91. The number of nitrogens with zero attached hydrogens (tertiary/aromatic N) is 1. The van der Waals surface area contributed by atoms with Gasteiger partial charge in [0.05, 0.1) is 17.8 Å². The zero-order chi connectivity index (χ0) is 14.0. The molecular weight excluding hydrogens is 272 g/mol. The Labute approximate surface area is 110 Å². The third kappa shape index (κ3) is 3.14. The third-order valence-electron chi connectivity index (χ3n) is 3.04.